The number of hydrogen-bond acceptors (Lipinski definition) is 5. The molecule has 2 N–H and O–H groups in total. The summed E-state index contributed by atoms with van der Waals surface area (Å²) in [6, 6.07) is 8.50. The van der Waals surface area contributed by atoms with Crippen LogP contribution in [0.25, 0.3) is 0 Å². The van der Waals surface area contributed by atoms with Crippen molar-refractivity contribution in [2.24, 2.45) is 5.92 Å². The van der Waals surface area contributed by atoms with Gasteiger partial charge in [-0.15, -0.1) is 0 Å². The van der Waals surface area contributed by atoms with E-state index in [-0.39, 0.29) is 4.90 Å². The lowest BCUT2D eigenvalue weighted by Crippen LogP contribution is -2.63. The molecule has 146 valence electrons. The van der Waals surface area contributed by atoms with E-state index in [9.17, 15) is 8.42 Å². The molecule has 1 aromatic carbocycles. The van der Waals surface area contributed by atoms with Crippen LogP contribution in [-0.4, -0.2) is 43.6 Å². The first-order valence-electron chi connectivity index (χ1n) is 8.58. The maximum absolute atomic E-state index is 10.5. The number of aryl methyl sites for hydroxylation is 1. The molecule has 4 rings (SSSR count). The van der Waals surface area contributed by atoms with Gasteiger partial charge in [0.05, 0.1) is 21.8 Å². The third kappa shape index (κ3) is 4.92. The van der Waals surface area contributed by atoms with Gasteiger partial charge in [-0.2, -0.15) is 8.42 Å². The monoisotopic (exact) mass is 429 g/mol. The number of anilines is 1. The molecule has 0 unspecified atom stereocenters. The minimum Gasteiger partial charge on any atom is -0.365 e. The molecule has 0 radical (unpaired) electrons. The number of aromatic nitrogens is 1. The van der Waals surface area contributed by atoms with Gasteiger partial charge >= 0.3 is 0 Å². The number of nitrogens with one attached hydrogen (secondary N) is 1. The van der Waals surface area contributed by atoms with Gasteiger partial charge in [-0.25, -0.2) is 4.98 Å². The summed E-state index contributed by atoms with van der Waals surface area (Å²) in [6.45, 7) is 5.17. The van der Waals surface area contributed by atoms with Crippen LogP contribution in [0, 0.1) is 12.8 Å². The molecule has 2 aromatic rings. The fourth-order valence-electron chi connectivity index (χ4n) is 3.30. The first kappa shape index (κ1) is 20.4. The number of halogens is 2. The Morgan fingerprint density at radius 3 is 2.56 bits per heavy atom. The summed E-state index contributed by atoms with van der Waals surface area (Å²) in [5.41, 5.74) is 2.04. The van der Waals surface area contributed by atoms with E-state index >= 15 is 0 Å². The number of hydrogen-bond donors (Lipinski definition) is 2. The molecular formula is C18H21Cl2N3O3S. The molecule has 2 aliphatic rings. The van der Waals surface area contributed by atoms with Gasteiger partial charge in [0.2, 0.25) is 0 Å². The zero-order chi connectivity index (χ0) is 19.6. The molecule has 6 nitrogen and oxygen atoms in total. The van der Waals surface area contributed by atoms with Gasteiger partial charge in [0.1, 0.15) is 5.15 Å². The van der Waals surface area contributed by atoms with E-state index in [0.29, 0.717) is 16.2 Å². The topological polar surface area (TPSA) is 82.5 Å². The first-order valence-corrected chi connectivity index (χ1v) is 10.8. The second-order valence-electron chi connectivity index (χ2n) is 6.73. The highest BCUT2D eigenvalue weighted by atomic mass is 35.5. The molecule has 27 heavy (non-hydrogen) atoms. The maximum Gasteiger partial charge on any atom is 0.294 e. The SMILES string of the molecule is Cc1ccc(S(=O)(=O)O)cc1.Clc1cc(N2C[C@@H]3CCNC[C@@H]32)cnc1Cl. The van der Waals surface area contributed by atoms with E-state index in [2.05, 4.69) is 15.2 Å². The van der Waals surface area contributed by atoms with Crippen LogP contribution in [0.3, 0.4) is 0 Å². The predicted octanol–water partition coefficient (Wildman–Crippen LogP) is 3.43. The van der Waals surface area contributed by atoms with Crippen molar-refractivity contribution in [3.63, 3.8) is 0 Å². The minimum atomic E-state index is -4.02. The Balaban J connectivity index is 0.000000168. The van der Waals surface area contributed by atoms with Crippen LogP contribution in [0.2, 0.25) is 10.2 Å². The molecule has 1 aromatic heterocycles. The summed E-state index contributed by atoms with van der Waals surface area (Å²) < 4.78 is 29.6. The highest BCUT2D eigenvalue weighted by Crippen LogP contribution is 2.35. The molecule has 0 saturated carbocycles. The third-order valence-electron chi connectivity index (χ3n) is 4.85. The van der Waals surface area contributed by atoms with Crippen molar-refractivity contribution >= 4 is 39.0 Å². The molecule has 9 heteroatoms. The van der Waals surface area contributed by atoms with E-state index in [1.165, 1.54) is 18.6 Å². The van der Waals surface area contributed by atoms with E-state index in [4.69, 9.17) is 27.8 Å². The van der Waals surface area contributed by atoms with Crippen molar-refractivity contribution in [1.82, 2.24) is 10.3 Å². The summed E-state index contributed by atoms with van der Waals surface area (Å²) >= 11 is 11.8. The molecule has 0 aliphatic carbocycles. The lowest BCUT2D eigenvalue weighted by atomic mass is 9.83. The Bertz CT molecular complexity index is 907. The number of rotatable bonds is 2. The highest BCUT2D eigenvalue weighted by Gasteiger charge is 2.40. The molecule has 0 spiro atoms. The van der Waals surface area contributed by atoms with E-state index in [0.717, 1.165) is 36.8 Å². The fraction of sp³-hybridized carbons (Fsp3) is 0.389. The van der Waals surface area contributed by atoms with Crippen LogP contribution in [0.5, 0.6) is 0 Å². The van der Waals surface area contributed by atoms with E-state index in [1.54, 1.807) is 18.3 Å². The van der Waals surface area contributed by atoms with Gasteiger partial charge in [0, 0.05) is 19.1 Å². The standard InChI is InChI=1S/C11H13Cl2N3.C7H8O3S/c12-9-3-8(4-15-11(9)13)16-6-7-1-2-14-5-10(7)16;1-6-2-4-7(5-3-6)11(8,9)10/h3-4,7,10,14H,1-2,5-6H2;2-5H,1H3,(H,8,9,10)/t7-,10-;/m0./s1. The van der Waals surface area contributed by atoms with Crippen molar-refractivity contribution in [1.29, 1.82) is 0 Å². The van der Waals surface area contributed by atoms with Crippen molar-refractivity contribution in [3.8, 4) is 0 Å². The number of benzene rings is 1. The van der Waals surface area contributed by atoms with Crippen molar-refractivity contribution in [3.05, 3.63) is 52.3 Å². The Morgan fingerprint density at radius 1 is 1.26 bits per heavy atom. The van der Waals surface area contributed by atoms with Crippen LogP contribution >= 0.6 is 23.2 Å². The van der Waals surface area contributed by atoms with Crippen LogP contribution in [0.15, 0.2) is 41.4 Å². The van der Waals surface area contributed by atoms with Crippen LogP contribution in [0.1, 0.15) is 12.0 Å². The molecule has 2 fully saturated rings. The smallest absolute Gasteiger partial charge is 0.294 e. The van der Waals surface area contributed by atoms with Gasteiger partial charge in [-0.1, -0.05) is 40.9 Å². The second kappa shape index (κ2) is 8.32. The number of pyridine rings is 1. The molecule has 2 atom stereocenters. The summed E-state index contributed by atoms with van der Waals surface area (Å²) in [5, 5.41) is 4.33. The number of piperidine rings is 1. The number of nitrogens with zero attached hydrogens (tertiary/aromatic N) is 2. The van der Waals surface area contributed by atoms with E-state index in [1.807, 2.05) is 13.0 Å². The Kier molecular flexibility index (Phi) is 6.28. The average Bonchev–Trinajstić information content (AvgIpc) is 2.59. The third-order valence-corrected chi connectivity index (χ3v) is 6.41. The number of fused-ring (bicyclic) bond motifs is 1. The molecule has 0 amide bonds. The first-order chi connectivity index (χ1) is 12.8. The van der Waals surface area contributed by atoms with Gasteiger partial charge < -0.3 is 10.2 Å². The van der Waals surface area contributed by atoms with Gasteiger partial charge in [-0.3, -0.25) is 4.55 Å². The Hall–Kier alpha value is -1.38. The summed E-state index contributed by atoms with van der Waals surface area (Å²) in [4.78, 5) is 6.38. The lowest BCUT2D eigenvalue weighted by molar-refractivity contribution is 0.229. The highest BCUT2D eigenvalue weighted by molar-refractivity contribution is 7.85. The molecule has 0 bridgehead atoms. The van der Waals surface area contributed by atoms with Gasteiger partial charge in [-0.05, 0) is 44.0 Å². The summed E-state index contributed by atoms with van der Waals surface area (Å²) in [5.74, 6) is 0.829. The molecule has 3 heterocycles. The normalized spacial score (nSPS) is 21.6. The maximum atomic E-state index is 10.5. The zero-order valence-electron chi connectivity index (χ0n) is 14.8. The molecule has 2 aliphatic heterocycles. The quantitative estimate of drug-likeness (QED) is 0.561. The van der Waals surface area contributed by atoms with Crippen molar-refractivity contribution in [2.45, 2.75) is 24.3 Å². The zero-order valence-corrected chi connectivity index (χ0v) is 17.1. The average molecular weight is 430 g/mol. The Morgan fingerprint density at radius 2 is 1.96 bits per heavy atom. The predicted molar refractivity (Wildman–Crippen MR) is 107 cm³/mol. The Labute approximate surface area is 169 Å². The van der Waals surface area contributed by atoms with Crippen LogP contribution < -0.4 is 10.2 Å². The van der Waals surface area contributed by atoms with Gasteiger partial charge in [0.15, 0.2) is 0 Å². The van der Waals surface area contributed by atoms with Crippen LogP contribution in [-0.2, 0) is 10.1 Å². The second-order valence-corrected chi connectivity index (χ2v) is 8.91. The van der Waals surface area contributed by atoms with Gasteiger partial charge in [0.25, 0.3) is 10.1 Å². The van der Waals surface area contributed by atoms with E-state index < -0.39 is 10.1 Å². The summed E-state index contributed by atoms with van der Waals surface area (Å²) in [7, 11) is -4.02. The van der Waals surface area contributed by atoms with Crippen molar-refractivity contribution in [2.75, 3.05) is 24.5 Å². The molecular weight excluding hydrogens is 409 g/mol. The minimum absolute atomic E-state index is 0.0666. The van der Waals surface area contributed by atoms with Crippen molar-refractivity contribution < 1.29 is 13.0 Å². The fourth-order valence-corrected chi connectivity index (χ4v) is 4.04. The lowest BCUT2D eigenvalue weighted by Gasteiger charge is -2.52. The van der Waals surface area contributed by atoms with Crippen LogP contribution in [0.4, 0.5) is 5.69 Å². The summed E-state index contributed by atoms with van der Waals surface area (Å²) in [6.07, 6.45) is 3.08. The largest absolute Gasteiger partial charge is 0.365 e. The molecule has 2 saturated heterocycles.